The van der Waals surface area contributed by atoms with Crippen LogP contribution in [-0.4, -0.2) is 26.1 Å². The van der Waals surface area contributed by atoms with Gasteiger partial charge in [-0.3, -0.25) is 9.89 Å². The molecule has 3 rings (SSSR count). The van der Waals surface area contributed by atoms with Gasteiger partial charge in [0.05, 0.1) is 16.7 Å². The number of H-pyrrole nitrogens is 1. The molecule has 10 heteroatoms. The Morgan fingerprint density at radius 2 is 2.00 bits per heavy atom. The molecule has 2 heterocycles. The maximum atomic E-state index is 13.1. The molecular formula is C16H10F3N3O3S. The van der Waals surface area contributed by atoms with E-state index in [9.17, 15) is 23.1 Å². The SMILES string of the molecule is O=C(C=C(O)c1nc[nH]n1)c1occc1Sc1ccccc1C(F)(F)F. The van der Waals surface area contributed by atoms with Crippen molar-refractivity contribution in [3.05, 3.63) is 66.1 Å². The number of carbonyl (C=O) groups excluding carboxylic acids is 1. The van der Waals surface area contributed by atoms with Crippen molar-refractivity contribution in [2.24, 2.45) is 0 Å². The van der Waals surface area contributed by atoms with Crippen molar-refractivity contribution in [3.63, 3.8) is 0 Å². The second-order valence-corrected chi connectivity index (χ2v) is 6.01. The number of benzene rings is 1. The van der Waals surface area contributed by atoms with Crippen LogP contribution in [-0.2, 0) is 6.18 Å². The minimum absolute atomic E-state index is 0.0716. The van der Waals surface area contributed by atoms with Crippen LogP contribution in [0.4, 0.5) is 13.2 Å². The molecule has 0 saturated heterocycles. The van der Waals surface area contributed by atoms with Crippen LogP contribution in [0.1, 0.15) is 21.9 Å². The van der Waals surface area contributed by atoms with Gasteiger partial charge in [0.2, 0.25) is 11.6 Å². The first-order valence-corrected chi connectivity index (χ1v) is 7.90. The molecule has 0 aliphatic heterocycles. The van der Waals surface area contributed by atoms with Crippen LogP contribution in [0.3, 0.4) is 0 Å². The lowest BCUT2D eigenvalue weighted by molar-refractivity contribution is -0.139. The van der Waals surface area contributed by atoms with E-state index in [1.165, 1.54) is 36.9 Å². The van der Waals surface area contributed by atoms with Crippen molar-refractivity contribution < 1.29 is 27.5 Å². The van der Waals surface area contributed by atoms with Gasteiger partial charge in [-0.15, -0.1) is 0 Å². The van der Waals surface area contributed by atoms with E-state index in [-0.39, 0.29) is 21.4 Å². The first-order chi connectivity index (χ1) is 12.4. The van der Waals surface area contributed by atoms with Gasteiger partial charge in [-0.2, -0.15) is 18.3 Å². The maximum Gasteiger partial charge on any atom is 0.417 e. The molecule has 0 aliphatic rings. The fourth-order valence-corrected chi connectivity index (χ4v) is 3.09. The summed E-state index contributed by atoms with van der Waals surface area (Å²) in [5, 5.41) is 15.8. The minimum atomic E-state index is -4.53. The number of halogens is 3. The number of allylic oxidation sites excluding steroid dienone is 1. The molecule has 0 spiro atoms. The van der Waals surface area contributed by atoms with Crippen molar-refractivity contribution in [2.45, 2.75) is 16.0 Å². The first-order valence-electron chi connectivity index (χ1n) is 7.09. The predicted octanol–water partition coefficient (Wildman–Crippen LogP) is 4.35. The Kier molecular flexibility index (Phi) is 4.85. The number of aromatic nitrogens is 3. The summed E-state index contributed by atoms with van der Waals surface area (Å²) in [5.41, 5.74) is -0.816. The van der Waals surface area contributed by atoms with Gasteiger partial charge in [-0.05, 0) is 18.2 Å². The van der Waals surface area contributed by atoms with Crippen molar-refractivity contribution in [2.75, 3.05) is 0 Å². The van der Waals surface area contributed by atoms with Crippen molar-refractivity contribution in [1.29, 1.82) is 0 Å². The third-order valence-electron chi connectivity index (χ3n) is 3.18. The summed E-state index contributed by atoms with van der Waals surface area (Å²) < 4.78 is 44.4. The average Bonchev–Trinajstić information content (AvgIpc) is 3.26. The van der Waals surface area contributed by atoms with Crippen molar-refractivity contribution in [1.82, 2.24) is 15.2 Å². The van der Waals surface area contributed by atoms with Crippen LogP contribution in [0, 0.1) is 0 Å². The number of furan rings is 1. The topological polar surface area (TPSA) is 92.0 Å². The highest BCUT2D eigenvalue weighted by Gasteiger charge is 2.33. The molecular weight excluding hydrogens is 371 g/mol. The molecule has 26 heavy (non-hydrogen) atoms. The molecule has 0 amide bonds. The number of ketones is 1. The van der Waals surface area contributed by atoms with Crippen LogP contribution < -0.4 is 0 Å². The van der Waals surface area contributed by atoms with Gasteiger partial charge < -0.3 is 9.52 Å². The predicted molar refractivity (Wildman–Crippen MR) is 85.6 cm³/mol. The summed E-state index contributed by atoms with van der Waals surface area (Å²) in [6.45, 7) is 0. The average molecular weight is 381 g/mol. The lowest BCUT2D eigenvalue weighted by Gasteiger charge is -2.11. The van der Waals surface area contributed by atoms with Crippen molar-refractivity contribution in [3.8, 4) is 0 Å². The van der Waals surface area contributed by atoms with E-state index < -0.39 is 23.3 Å². The third kappa shape index (κ3) is 3.80. The molecule has 0 unspecified atom stereocenters. The van der Waals surface area contributed by atoms with Crippen LogP contribution in [0.15, 0.2) is 63.2 Å². The smallest absolute Gasteiger partial charge is 0.417 e. The second-order valence-electron chi connectivity index (χ2n) is 4.93. The Morgan fingerprint density at radius 1 is 1.23 bits per heavy atom. The van der Waals surface area contributed by atoms with E-state index in [0.717, 1.165) is 23.9 Å². The van der Waals surface area contributed by atoms with Gasteiger partial charge in [0.25, 0.3) is 0 Å². The molecule has 134 valence electrons. The molecule has 0 atom stereocenters. The van der Waals surface area contributed by atoms with Gasteiger partial charge in [-0.25, -0.2) is 4.98 Å². The molecule has 6 nitrogen and oxygen atoms in total. The maximum absolute atomic E-state index is 13.1. The monoisotopic (exact) mass is 381 g/mol. The van der Waals surface area contributed by atoms with Gasteiger partial charge in [0.15, 0.2) is 11.5 Å². The summed E-state index contributed by atoms with van der Waals surface area (Å²) >= 11 is 0.744. The van der Waals surface area contributed by atoms with E-state index in [1.807, 2.05) is 0 Å². The van der Waals surface area contributed by atoms with E-state index in [0.29, 0.717) is 0 Å². The van der Waals surface area contributed by atoms with Crippen molar-refractivity contribution >= 4 is 23.3 Å². The van der Waals surface area contributed by atoms with E-state index in [4.69, 9.17) is 4.42 Å². The highest BCUT2D eigenvalue weighted by atomic mass is 32.2. The number of aromatic amines is 1. The highest BCUT2D eigenvalue weighted by Crippen LogP contribution is 2.40. The Balaban J connectivity index is 1.89. The van der Waals surface area contributed by atoms with Gasteiger partial charge in [0, 0.05) is 11.0 Å². The molecule has 2 aromatic heterocycles. The first kappa shape index (κ1) is 17.8. The summed E-state index contributed by atoms with van der Waals surface area (Å²) in [4.78, 5) is 16.1. The lowest BCUT2D eigenvalue weighted by Crippen LogP contribution is -2.06. The zero-order chi connectivity index (χ0) is 18.7. The number of alkyl halides is 3. The zero-order valence-electron chi connectivity index (χ0n) is 12.8. The molecule has 0 saturated carbocycles. The summed E-state index contributed by atoms with van der Waals surface area (Å²) in [6, 6.07) is 6.39. The zero-order valence-corrected chi connectivity index (χ0v) is 13.6. The van der Waals surface area contributed by atoms with Crippen LogP contribution >= 0.6 is 11.8 Å². The number of hydrogen-bond donors (Lipinski definition) is 2. The molecule has 0 aliphatic carbocycles. The van der Waals surface area contributed by atoms with Gasteiger partial charge in [-0.1, -0.05) is 23.9 Å². The Morgan fingerprint density at radius 3 is 2.69 bits per heavy atom. The largest absolute Gasteiger partial charge is 0.504 e. The Hall–Kier alpha value is -3.01. The minimum Gasteiger partial charge on any atom is -0.504 e. The van der Waals surface area contributed by atoms with Crippen LogP contribution in [0.25, 0.3) is 5.76 Å². The van der Waals surface area contributed by atoms with E-state index >= 15 is 0 Å². The van der Waals surface area contributed by atoms with Crippen LogP contribution in [0.5, 0.6) is 0 Å². The van der Waals surface area contributed by atoms with Gasteiger partial charge in [0.1, 0.15) is 6.33 Å². The number of aliphatic hydroxyl groups excluding tert-OH is 1. The fourth-order valence-electron chi connectivity index (χ4n) is 2.05. The number of nitrogens with zero attached hydrogens (tertiary/aromatic N) is 2. The second kappa shape index (κ2) is 7.08. The Bertz CT molecular complexity index is 949. The standard InChI is InChI=1S/C16H10F3N3O3S/c17-16(18,19)9-3-1-2-4-12(9)26-13-5-6-25-14(13)10(23)7-11(24)15-20-8-21-22-15/h1-8,24H,(H,20,21,22). The van der Waals surface area contributed by atoms with Crippen LogP contribution in [0.2, 0.25) is 0 Å². The normalized spacial score (nSPS) is 12.3. The third-order valence-corrected chi connectivity index (χ3v) is 4.29. The number of rotatable bonds is 5. The molecule has 2 N–H and O–H groups in total. The molecule has 0 fully saturated rings. The quantitative estimate of drug-likeness (QED) is 0.388. The van der Waals surface area contributed by atoms with E-state index in [2.05, 4.69) is 15.2 Å². The summed E-state index contributed by atoms with van der Waals surface area (Å²) in [6.07, 6.45) is -1.29. The number of hydrogen-bond acceptors (Lipinski definition) is 6. The molecule has 3 aromatic rings. The van der Waals surface area contributed by atoms with E-state index in [1.54, 1.807) is 0 Å². The van der Waals surface area contributed by atoms with Gasteiger partial charge >= 0.3 is 6.18 Å². The highest BCUT2D eigenvalue weighted by molar-refractivity contribution is 7.99. The fraction of sp³-hybridized carbons (Fsp3) is 0.0625. The molecule has 0 bridgehead atoms. The molecule has 0 radical (unpaired) electrons. The number of aliphatic hydroxyl groups is 1. The number of carbonyl (C=O) groups is 1. The lowest BCUT2D eigenvalue weighted by atomic mass is 10.2. The Labute approximate surface area is 148 Å². The summed E-state index contributed by atoms with van der Waals surface area (Å²) in [5.74, 6) is -1.53. The number of nitrogens with one attached hydrogen (secondary N) is 1. The molecule has 1 aromatic carbocycles. The summed E-state index contributed by atoms with van der Waals surface area (Å²) in [7, 11) is 0.